The van der Waals surface area contributed by atoms with E-state index < -0.39 is 0 Å². The Balaban J connectivity index is 1.85. The Morgan fingerprint density at radius 2 is 2.24 bits per heavy atom. The van der Waals surface area contributed by atoms with E-state index in [1.807, 2.05) is 31.2 Å². The van der Waals surface area contributed by atoms with Crippen LogP contribution in [0.3, 0.4) is 0 Å². The Labute approximate surface area is 109 Å². The fourth-order valence-electron chi connectivity index (χ4n) is 1.73. The summed E-state index contributed by atoms with van der Waals surface area (Å²) in [6.07, 6.45) is 0.885. The second-order valence-corrected chi connectivity index (χ2v) is 4.97. The van der Waals surface area contributed by atoms with E-state index in [2.05, 4.69) is 20.9 Å². The van der Waals surface area contributed by atoms with Crippen molar-refractivity contribution in [2.45, 2.75) is 25.5 Å². The summed E-state index contributed by atoms with van der Waals surface area (Å²) in [4.78, 5) is 4.17. The first-order valence-electron chi connectivity index (χ1n) is 5.52. The number of hydrogen-bond acceptors (Lipinski definition) is 4. The molecule has 5 heteroatoms. The van der Waals surface area contributed by atoms with Gasteiger partial charge in [-0.3, -0.25) is 0 Å². The van der Waals surface area contributed by atoms with Crippen LogP contribution in [-0.2, 0) is 4.74 Å². The number of nitrogens with zero attached hydrogens (tertiary/aromatic N) is 1. The molecule has 2 atom stereocenters. The first-order valence-corrected chi connectivity index (χ1v) is 6.31. The maximum atomic E-state index is 5.78. The summed E-state index contributed by atoms with van der Waals surface area (Å²) in [5.74, 6) is 0.858. The molecule has 2 rings (SSSR count). The molecule has 0 aliphatic carbocycles. The van der Waals surface area contributed by atoms with Gasteiger partial charge >= 0.3 is 0 Å². The lowest BCUT2D eigenvalue weighted by molar-refractivity contribution is 0.189. The van der Waals surface area contributed by atoms with Crippen molar-refractivity contribution in [3.8, 4) is 5.75 Å². The molecule has 92 valence electrons. The molecule has 1 aliphatic rings. The van der Waals surface area contributed by atoms with Crippen LogP contribution in [0, 0.1) is 0 Å². The van der Waals surface area contributed by atoms with Gasteiger partial charge in [0, 0.05) is 10.9 Å². The van der Waals surface area contributed by atoms with Crippen molar-refractivity contribution in [2.75, 3.05) is 6.61 Å². The predicted octanol–water partition coefficient (Wildman–Crippen LogP) is 2.32. The minimum absolute atomic E-state index is 0.0828. The molecule has 1 heterocycles. The van der Waals surface area contributed by atoms with Crippen molar-refractivity contribution >= 4 is 22.0 Å². The van der Waals surface area contributed by atoms with E-state index in [4.69, 9.17) is 15.2 Å². The minimum Gasteiger partial charge on any atom is -0.491 e. The summed E-state index contributed by atoms with van der Waals surface area (Å²) in [6.45, 7) is 2.58. The summed E-state index contributed by atoms with van der Waals surface area (Å²) in [7, 11) is 0. The van der Waals surface area contributed by atoms with Gasteiger partial charge in [-0.15, -0.1) is 0 Å². The van der Waals surface area contributed by atoms with Crippen molar-refractivity contribution in [1.29, 1.82) is 0 Å². The van der Waals surface area contributed by atoms with Crippen molar-refractivity contribution in [1.82, 2.24) is 0 Å². The van der Waals surface area contributed by atoms with E-state index in [0.29, 0.717) is 6.61 Å². The third-order valence-corrected chi connectivity index (χ3v) is 3.02. The van der Waals surface area contributed by atoms with Gasteiger partial charge in [0.2, 0.25) is 0 Å². The lowest BCUT2D eigenvalue weighted by Gasteiger charge is -2.16. The quantitative estimate of drug-likeness (QED) is 0.928. The molecule has 0 radical (unpaired) electrons. The zero-order valence-corrected chi connectivity index (χ0v) is 11.2. The van der Waals surface area contributed by atoms with Crippen molar-refractivity contribution in [3.05, 3.63) is 28.7 Å². The molecule has 1 aliphatic heterocycles. The zero-order chi connectivity index (χ0) is 12.3. The summed E-state index contributed by atoms with van der Waals surface area (Å²) in [5.41, 5.74) is 5.45. The number of halogens is 1. The minimum atomic E-state index is 0.0828. The van der Waals surface area contributed by atoms with Crippen LogP contribution in [0.2, 0.25) is 0 Å². The molecular weight excluding hydrogens is 284 g/mol. The lowest BCUT2D eigenvalue weighted by atomic mass is 10.1. The molecule has 4 nitrogen and oxygen atoms in total. The molecular formula is C12H15BrN2O2. The van der Waals surface area contributed by atoms with Crippen LogP contribution in [0.15, 0.2) is 33.7 Å². The Kier molecular flexibility index (Phi) is 3.89. The monoisotopic (exact) mass is 298 g/mol. The van der Waals surface area contributed by atoms with Gasteiger partial charge in [-0.2, -0.15) is 0 Å². The van der Waals surface area contributed by atoms with Crippen LogP contribution < -0.4 is 10.5 Å². The average molecular weight is 299 g/mol. The summed E-state index contributed by atoms with van der Waals surface area (Å²) < 4.78 is 11.9. The Morgan fingerprint density at radius 3 is 2.82 bits per heavy atom. The van der Waals surface area contributed by atoms with Crippen LogP contribution in [0.1, 0.15) is 13.3 Å². The molecule has 1 aromatic rings. The number of rotatable bonds is 4. The van der Waals surface area contributed by atoms with Crippen LogP contribution in [0.25, 0.3) is 0 Å². The molecule has 17 heavy (non-hydrogen) atoms. The van der Waals surface area contributed by atoms with Gasteiger partial charge in [0.1, 0.15) is 12.4 Å². The number of amidine groups is 1. The van der Waals surface area contributed by atoms with Gasteiger partial charge in [0.25, 0.3) is 6.02 Å². The largest absolute Gasteiger partial charge is 0.491 e. The number of nitrogens with two attached hydrogens (primary N) is 1. The first kappa shape index (κ1) is 12.2. The zero-order valence-electron chi connectivity index (χ0n) is 9.60. The third-order valence-electron chi connectivity index (χ3n) is 2.49. The molecule has 0 spiro atoms. The van der Waals surface area contributed by atoms with Crippen molar-refractivity contribution in [3.63, 3.8) is 0 Å². The van der Waals surface area contributed by atoms with Crippen LogP contribution in [-0.4, -0.2) is 24.8 Å². The maximum absolute atomic E-state index is 5.78. The van der Waals surface area contributed by atoms with Gasteiger partial charge in [-0.05, 0) is 31.2 Å². The van der Waals surface area contributed by atoms with E-state index in [1.165, 1.54) is 0 Å². The fraction of sp³-hybridized carbons (Fsp3) is 0.417. The first-order chi connectivity index (χ1) is 8.13. The summed E-state index contributed by atoms with van der Waals surface area (Å²) >= 11 is 3.39. The normalized spacial score (nSPS) is 20.6. The molecule has 1 aromatic carbocycles. The Hall–Kier alpha value is -1.23. The number of benzene rings is 1. The molecule has 0 saturated heterocycles. The topological polar surface area (TPSA) is 56.8 Å². The highest BCUT2D eigenvalue weighted by Gasteiger charge is 2.20. The van der Waals surface area contributed by atoms with Crippen molar-refractivity contribution < 1.29 is 9.47 Å². The van der Waals surface area contributed by atoms with Gasteiger partial charge in [0.05, 0.1) is 12.1 Å². The second kappa shape index (κ2) is 5.40. The molecule has 2 N–H and O–H groups in total. The maximum Gasteiger partial charge on any atom is 0.282 e. The number of aliphatic imine (C=N–C) groups is 1. The fourth-order valence-corrected chi connectivity index (χ4v) is 2.00. The molecule has 0 amide bonds. The van der Waals surface area contributed by atoms with E-state index in [9.17, 15) is 0 Å². The Bertz CT molecular complexity index is 405. The second-order valence-electron chi connectivity index (χ2n) is 4.05. The number of hydrogen-bond donors (Lipinski definition) is 1. The summed E-state index contributed by atoms with van der Waals surface area (Å²) in [6, 6.07) is 8.17. The summed E-state index contributed by atoms with van der Waals surface area (Å²) in [5, 5.41) is 0. The van der Waals surface area contributed by atoms with E-state index in [0.717, 1.165) is 16.6 Å². The van der Waals surface area contributed by atoms with Crippen LogP contribution in [0.5, 0.6) is 5.75 Å². The van der Waals surface area contributed by atoms with E-state index in [-0.39, 0.29) is 18.2 Å². The molecule has 0 unspecified atom stereocenters. The van der Waals surface area contributed by atoms with Crippen LogP contribution in [0.4, 0.5) is 0 Å². The van der Waals surface area contributed by atoms with Gasteiger partial charge in [0.15, 0.2) is 0 Å². The number of ether oxygens (including phenoxy) is 2. The van der Waals surface area contributed by atoms with Crippen LogP contribution >= 0.6 is 15.9 Å². The Morgan fingerprint density at radius 1 is 1.53 bits per heavy atom. The predicted molar refractivity (Wildman–Crippen MR) is 70.2 cm³/mol. The van der Waals surface area contributed by atoms with E-state index >= 15 is 0 Å². The smallest absolute Gasteiger partial charge is 0.282 e. The molecule has 0 aromatic heterocycles. The highest BCUT2D eigenvalue weighted by molar-refractivity contribution is 9.10. The van der Waals surface area contributed by atoms with Crippen molar-refractivity contribution in [2.24, 2.45) is 10.7 Å². The highest BCUT2D eigenvalue weighted by Crippen LogP contribution is 2.19. The molecule has 0 bridgehead atoms. The average Bonchev–Trinajstić information content (AvgIpc) is 2.67. The van der Waals surface area contributed by atoms with Gasteiger partial charge < -0.3 is 15.2 Å². The lowest BCUT2D eigenvalue weighted by Crippen LogP contribution is -2.20. The molecule has 0 saturated carbocycles. The van der Waals surface area contributed by atoms with E-state index in [1.54, 1.807) is 0 Å². The third kappa shape index (κ3) is 3.63. The van der Waals surface area contributed by atoms with Gasteiger partial charge in [-0.1, -0.05) is 15.9 Å². The van der Waals surface area contributed by atoms with Gasteiger partial charge in [-0.25, -0.2) is 4.99 Å². The molecule has 0 fully saturated rings. The highest BCUT2D eigenvalue weighted by atomic mass is 79.9. The SMILES string of the molecule is C[C@@H](C[C@@H]1COC(N)=N1)Oc1ccc(Br)cc1. The standard InChI is InChI=1S/C12H15BrN2O2/c1-8(6-10-7-16-12(14)15-10)17-11-4-2-9(13)3-5-11/h2-5,8,10H,6-7H2,1H3,(H2,14,15)/t8-,10+/m0/s1.